The summed E-state index contributed by atoms with van der Waals surface area (Å²) in [6.45, 7) is 0. The molecule has 2 aromatic rings. The summed E-state index contributed by atoms with van der Waals surface area (Å²) < 4.78 is 0. The smallest absolute Gasteiger partial charge is 0.198 e. The van der Waals surface area contributed by atoms with Crippen molar-refractivity contribution in [2.75, 3.05) is 5.32 Å². The van der Waals surface area contributed by atoms with Crippen LogP contribution < -0.4 is 11.1 Å². The maximum atomic E-state index is 5.70. The summed E-state index contributed by atoms with van der Waals surface area (Å²) in [4.78, 5) is 4.19. The highest BCUT2D eigenvalue weighted by atomic mass is 32.1. The fourth-order valence-electron chi connectivity index (χ4n) is 0.971. The second-order valence-corrected chi connectivity index (χ2v) is 4.18. The van der Waals surface area contributed by atoms with Gasteiger partial charge in [-0.05, 0) is 22.9 Å². The van der Waals surface area contributed by atoms with Crippen molar-refractivity contribution >= 4 is 40.0 Å². The Hall–Kier alpha value is -1.33. The zero-order valence-electron chi connectivity index (χ0n) is 7.31. The number of hydrogen-bond donors (Lipinski definition) is 2. The Bertz CT molecular complexity index is 403. The van der Waals surface area contributed by atoms with Crippen LogP contribution in [0.2, 0.25) is 0 Å². The monoisotopic (exact) mass is 223 g/mol. The Morgan fingerprint density at radius 3 is 2.64 bits per heavy atom. The maximum Gasteiger partial charge on any atom is 0.198 e. The molecule has 0 aliphatic heterocycles. The van der Waals surface area contributed by atoms with Crippen molar-refractivity contribution in [3.8, 4) is 0 Å². The molecule has 0 unspecified atom stereocenters. The number of nitrogens with two attached hydrogens (primary N) is 1. The molecule has 3 nitrogen and oxygen atoms in total. The van der Waals surface area contributed by atoms with Gasteiger partial charge in [0, 0.05) is 10.8 Å². The summed E-state index contributed by atoms with van der Waals surface area (Å²) >= 11 is 3.22. The zero-order chi connectivity index (χ0) is 9.80. The molecule has 2 aromatic heterocycles. The van der Waals surface area contributed by atoms with E-state index in [4.69, 9.17) is 5.73 Å². The van der Waals surface area contributed by atoms with Gasteiger partial charge in [-0.15, -0.1) is 0 Å². The molecular weight excluding hydrogens is 214 g/mol. The lowest BCUT2D eigenvalue weighted by atomic mass is 10.5. The van der Waals surface area contributed by atoms with Gasteiger partial charge in [-0.1, -0.05) is 0 Å². The van der Waals surface area contributed by atoms with Gasteiger partial charge in [0.15, 0.2) is 5.96 Å². The molecular formula is C9H9N3S2. The molecule has 2 heterocycles. The first-order valence-corrected chi connectivity index (χ1v) is 5.89. The molecule has 0 saturated heterocycles. The third-order valence-corrected chi connectivity index (χ3v) is 2.90. The summed E-state index contributed by atoms with van der Waals surface area (Å²) in [5.74, 6) is 0.418. The van der Waals surface area contributed by atoms with E-state index >= 15 is 0 Å². The van der Waals surface area contributed by atoms with E-state index in [2.05, 4.69) is 10.3 Å². The first-order chi connectivity index (χ1) is 6.84. The van der Waals surface area contributed by atoms with E-state index in [-0.39, 0.29) is 0 Å². The number of thiophene rings is 2. The van der Waals surface area contributed by atoms with Gasteiger partial charge in [0.1, 0.15) is 0 Å². The largest absolute Gasteiger partial charge is 0.369 e. The minimum absolute atomic E-state index is 0.418. The van der Waals surface area contributed by atoms with Gasteiger partial charge >= 0.3 is 0 Å². The van der Waals surface area contributed by atoms with Crippen LogP contribution in [0.25, 0.3) is 0 Å². The number of nitrogens with zero attached hydrogens (tertiary/aromatic N) is 1. The number of anilines is 1. The first kappa shape index (κ1) is 9.23. The fourth-order valence-corrected chi connectivity index (χ4v) is 2.13. The van der Waals surface area contributed by atoms with E-state index in [0.29, 0.717) is 5.96 Å². The summed E-state index contributed by atoms with van der Waals surface area (Å²) in [5.41, 5.74) is 7.57. The number of hydrogen-bond acceptors (Lipinski definition) is 3. The van der Waals surface area contributed by atoms with Gasteiger partial charge in [0.05, 0.1) is 11.4 Å². The van der Waals surface area contributed by atoms with Crippen LogP contribution in [0.3, 0.4) is 0 Å². The molecule has 0 aromatic carbocycles. The molecule has 72 valence electrons. The Morgan fingerprint density at radius 2 is 2.00 bits per heavy atom. The summed E-state index contributed by atoms with van der Waals surface area (Å²) in [7, 11) is 0. The molecule has 0 amide bonds. The van der Waals surface area contributed by atoms with Crippen LogP contribution in [0, 0.1) is 0 Å². The average Bonchev–Trinajstić information content (AvgIpc) is 2.76. The molecule has 0 fully saturated rings. The highest BCUT2D eigenvalue weighted by Crippen LogP contribution is 2.16. The van der Waals surface area contributed by atoms with E-state index in [9.17, 15) is 0 Å². The van der Waals surface area contributed by atoms with Crippen LogP contribution in [-0.4, -0.2) is 5.96 Å². The second-order valence-electron chi connectivity index (χ2n) is 2.62. The van der Waals surface area contributed by atoms with Gasteiger partial charge in [-0.25, -0.2) is 4.99 Å². The topological polar surface area (TPSA) is 50.4 Å². The molecule has 5 heteroatoms. The SMILES string of the molecule is NC(=Nc1ccsc1)Nc1ccsc1. The Kier molecular flexibility index (Phi) is 2.81. The van der Waals surface area contributed by atoms with E-state index < -0.39 is 0 Å². The van der Waals surface area contributed by atoms with Crippen LogP contribution in [0.4, 0.5) is 11.4 Å². The minimum atomic E-state index is 0.418. The number of nitrogens with one attached hydrogen (secondary N) is 1. The zero-order valence-corrected chi connectivity index (χ0v) is 8.94. The molecule has 2 rings (SSSR count). The normalized spacial score (nSPS) is 11.6. The Balaban J connectivity index is 2.06. The average molecular weight is 223 g/mol. The second kappa shape index (κ2) is 4.26. The standard InChI is InChI=1S/C9H9N3S2/c10-9(11-7-1-3-13-5-7)12-8-2-4-14-6-8/h1-6H,(H3,10,11,12). The fraction of sp³-hybridized carbons (Fsp3) is 0. The number of guanidine groups is 1. The van der Waals surface area contributed by atoms with E-state index in [0.717, 1.165) is 11.4 Å². The minimum Gasteiger partial charge on any atom is -0.369 e. The quantitative estimate of drug-likeness (QED) is 0.607. The molecule has 0 spiro atoms. The molecule has 0 aliphatic carbocycles. The Labute approximate surface area is 89.9 Å². The predicted molar refractivity (Wildman–Crippen MR) is 63.5 cm³/mol. The third kappa shape index (κ3) is 2.34. The van der Waals surface area contributed by atoms with Gasteiger partial charge in [0.2, 0.25) is 0 Å². The van der Waals surface area contributed by atoms with Crippen molar-refractivity contribution < 1.29 is 0 Å². The summed E-state index contributed by atoms with van der Waals surface area (Å²) in [5, 5.41) is 10.9. The maximum absolute atomic E-state index is 5.70. The van der Waals surface area contributed by atoms with Crippen molar-refractivity contribution in [3.63, 3.8) is 0 Å². The number of rotatable bonds is 2. The molecule has 3 N–H and O–H groups in total. The van der Waals surface area contributed by atoms with Crippen LogP contribution >= 0.6 is 22.7 Å². The molecule has 0 bridgehead atoms. The lowest BCUT2D eigenvalue weighted by molar-refractivity contribution is 1.47. The first-order valence-electron chi connectivity index (χ1n) is 4.00. The van der Waals surface area contributed by atoms with Gasteiger partial charge in [-0.2, -0.15) is 22.7 Å². The molecule has 0 aliphatic rings. The van der Waals surface area contributed by atoms with Crippen LogP contribution in [0.5, 0.6) is 0 Å². The van der Waals surface area contributed by atoms with Crippen molar-refractivity contribution in [1.29, 1.82) is 0 Å². The lowest BCUT2D eigenvalue weighted by Crippen LogP contribution is -2.21. The summed E-state index contributed by atoms with van der Waals surface area (Å²) in [6, 6.07) is 3.88. The van der Waals surface area contributed by atoms with Crippen LogP contribution in [0.15, 0.2) is 38.6 Å². The van der Waals surface area contributed by atoms with Gasteiger partial charge < -0.3 is 11.1 Å². The van der Waals surface area contributed by atoms with Crippen LogP contribution in [0.1, 0.15) is 0 Å². The molecule has 0 radical (unpaired) electrons. The number of aliphatic imine (C=N–C) groups is 1. The van der Waals surface area contributed by atoms with Crippen molar-refractivity contribution in [1.82, 2.24) is 0 Å². The molecule has 0 atom stereocenters. The van der Waals surface area contributed by atoms with Crippen molar-refractivity contribution in [2.24, 2.45) is 10.7 Å². The van der Waals surface area contributed by atoms with E-state index in [1.807, 2.05) is 33.7 Å². The van der Waals surface area contributed by atoms with E-state index in [1.165, 1.54) is 0 Å². The summed E-state index contributed by atoms with van der Waals surface area (Å²) in [6.07, 6.45) is 0. The molecule has 0 saturated carbocycles. The van der Waals surface area contributed by atoms with Gasteiger partial charge in [0.25, 0.3) is 0 Å². The lowest BCUT2D eigenvalue weighted by Gasteiger charge is -2.00. The molecule has 14 heavy (non-hydrogen) atoms. The van der Waals surface area contributed by atoms with Crippen molar-refractivity contribution in [3.05, 3.63) is 33.7 Å². The highest BCUT2D eigenvalue weighted by molar-refractivity contribution is 7.08. The predicted octanol–water partition coefficient (Wildman–Crippen LogP) is 2.87. The van der Waals surface area contributed by atoms with Crippen molar-refractivity contribution in [2.45, 2.75) is 0 Å². The van der Waals surface area contributed by atoms with Gasteiger partial charge in [-0.3, -0.25) is 0 Å². The third-order valence-electron chi connectivity index (χ3n) is 1.55. The highest BCUT2D eigenvalue weighted by Gasteiger charge is 1.95. The van der Waals surface area contributed by atoms with Crippen LogP contribution in [-0.2, 0) is 0 Å². The Morgan fingerprint density at radius 1 is 1.21 bits per heavy atom. The van der Waals surface area contributed by atoms with E-state index in [1.54, 1.807) is 22.7 Å².